The highest BCUT2D eigenvalue weighted by molar-refractivity contribution is 5.94. The van der Waals surface area contributed by atoms with Gasteiger partial charge >= 0.3 is 0 Å². The second kappa shape index (κ2) is 8.28. The molecule has 1 aromatic carbocycles. The van der Waals surface area contributed by atoms with Crippen LogP contribution in [0.15, 0.2) is 30.6 Å². The molecule has 3 rings (SSSR count). The number of anilines is 1. The molecule has 2 atom stereocenters. The van der Waals surface area contributed by atoms with Crippen LogP contribution in [-0.2, 0) is 4.79 Å². The van der Waals surface area contributed by atoms with Gasteiger partial charge in [0.15, 0.2) is 0 Å². The summed E-state index contributed by atoms with van der Waals surface area (Å²) in [5.41, 5.74) is 0.619. The van der Waals surface area contributed by atoms with Crippen LogP contribution in [0.3, 0.4) is 0 Å². The molecule has 7 nitrogen and oxygen atoms in total. The lowest BCUT2D eigenvalue weighted by Gasteiger charge is -2.20. The summed E-state index contributed by atoms with van der Waals surface area (Å²) in [6, 6.07) is 2.89. The summed E-state index contributed by atoms with van der Waals surface area (Å²) in [5, 5.41) is 2.93. The average Bonchev–Trinajstić information content (AvgIpc) is 3.17. The van der Waals surface area contributed by atoms with Crippen LogP contribution in [0, 0.1) is 11.6 Å². The highest BCUT2D eigenvalue weighted by Gasteiger charge is 2.29. The number of halogens is 2. The van der Waals surface area contributed by atoms with Gasteiger partial charge in [0, 0.05) is 44.2 Å². The molecule has 1 aliphatic rings. The van der Waals surface area contributed by atoms with Gasteiger partial charge < -0.3 is 15.1 Å². The highest BCUT2D eigenvalue weighted by atomic mass is 19.1. The van der Waals surface area contributed by atoms with E-state index in [0.717, 1.165) is 18.9 Å². The van der Waals surface area contributed by atoms with Crippen molar-refractivity contribution in [2.75, 3.05) is 25.5 Å². The summed E-state index contributed by atoms with van der Waals surface area (Å²) in [7, 11) is 1.69. The Labute approximate surface area is 161 Å². The van der Waals surface area contributed by atoms with E-state index in [9.17, 15) is 18.4 Å². The molecule has 2 heterocycles. The fourth-order valence-corrected chi connectivity index (χ4v) is 3.16. The quantitative estimate of drug-likeness (QED) is 0.767. The molecular weight excluding hydrogens is 368 g/mol. The van der Waals surface area contributed by atoms with Gasteiger partial charge in [-0.25, -0.2) is 18.7 Å². The van der Waals surface area contributed by atoms with Gasteiger partial charge in [0.25, 0.3) is 5.91 Å². The van der Waals surface area contributed by atoms with E-state index in [1.165, 1.54) is 24.5 Å². The van der Waals surface area contributed by atoms with E-state index in [0.29, 0.717) is 18.7 Å². The largest absolute Gasteiger partial charge is 0.348 e. The van der Waals surface area contributed by atoms with Gasteiger partial charge in [-0.2, -0.15) is 0 Å². The monoisotopic (exact) mass is 389 g/mol. The maximum Gasteiger partial charge on any atom is 0.257 e. The number of amides is 2. The van der Waals surface area contributed by atoms with Crippen molar-refractivity contribution in [1.82, 2.24) is 19.8 Å². The predicted octanol–water partition coefficient (Wildman–Crippen LogP) is 2.23. The first-order valence-corrected chi connectivity index (χ1v) is 8.89. The van der Waals surface area contributed by atoms with Crippen LogP contribution in [0.1, 0.15) is 35.3 Å². The van der Waals surface area contributed by atoms with Crippen molar-refractivity contribution in [3.63, 3.8) is 0 Å². The van der Waals surface area contributed by atoms with Crippen LogP contribution in [-0.4, -0.2) is 58.3 Å². The number of nitrogens with one attached hydrogen (secondary N) is 1. The molecule has 0 saturated carbocycles. The van der Waals surface area contributed by atoms with Crippen molar-refractivity contribution in [2.24, 2.45) is 0 Å². The Balaban J connectivity index is 1.63. The summed E-state index contributed by atoms with van der Waals surface area (Å²) in [4.78, 5) is 34.9. The number of likely N-dealkylation sites (N-methyl/N-ethyl adjacent to an activating group) is 1. The predicted molar refractivity (Wildman–Crippen MR) is 98.6 cm³/mol. The summed E-state index contributed by atoms with van der Waals surface area (Å²) in [6.45, 7) is 2.73. The van der Waals surface area contributed by atoms with Crippen LogP contribution >= 0.6 is 0 Å². The number of hydrogen-bond donors (Lipinski definition) is 1. The van der Waals surface area contributed by atoms with Crippen LogP contribution < -0.4 is 5.32 Å². The number of likely N-dealkylation sites (tertiary alicyclic amines) is 1. The zero-order valence-electron chi connectivity index (χ0n) is 15.6. The molecule has 0 bridgehead atoms. The van der Waals surface area contributed by atoms with Crippen LogP contribution in [0.5, 0.6) is 0 Å². The fourth-order valence-electron chi connectivity index (χ4n) is 3.16. The Hall–Kier alpha value is -3.10. The molecule has 0 spiro atoms. The van der Waals surface area contributed by atoms with Gasteiger partial charge in [0.2, 0.25) is 12.4 Å². The van der Waals surface area contributed by atoms with Crippen molar-refractivity contribution in [3.8, 4) is 0 Å². The number of carbonyl (C=O) groups is 2. The first-order chi connectivity index (χ1) is 13.4. The van der Waals surface area contributed by atoms with Crippen LogP contribution in [0.2, 0.25) is 0 Å². The normalized spacial score (nSPS) is 17.3. The third kappa shape index (κ3) is 4.24. The Kier molecular flexibility index (Phi) is 5.81. The number of carbonyl (C=O) groups excluding carboxylic acids is 2. The number of benzene rings is 1. The Morgan fingerprint density at radius 3 is 2.71 bits per heavy atom. The van der Waals surface area contributed by atoms with E-state index >= 15 is 0 Å². The molecule has 2 aromatic rings. The van der Waals surface area contributed by atoms with Gasteiger partial charge in [-0.05, 0) is 19.4 Å². The molecule has 2 unspecified atom stereocenters. The average molecular weight is 389 g/mol. The van der Waals surface area contributed by atoms with E-state index in [4.69, 9.17) is 0 Å². The van der Waals surface area contributed by atoms with Crippen molar-refractivity contribution in [2.45, 2.75) is 25.4 Å². The number of nitrogens with zero attached hydrogens (tertiary/aromatic N) is 4. The third-order valence-electron chi connectivity index (χ3n) is 4.87. The molecule has 0 radical (unpaired) electrons. The lowest BCUT2D eigenvalue weighted by molar-refractivity contribution is -0.118. The van der Waals surface area contributed by atoms with Crippen molar-refractivity contribution in [3.05, 3.63) is 53.4 Å². The summed E-state index contributed by atoms with van der Waals surface area (Å²) in [5.74, 6) is -1.27. The number of hydrogen-bond acceptors (Lipinski definition) is 5. The van der Waals surface area contributed by atoms with E-state index in [1.807, 2.05) is 0 Å². The molecule has 1 aliphatic heterocycles. The van der Waals surface area contributed by atoms with Crippen LogP contribution in [0.25, 0.3) is 0 Å². The lowest BCUT2D eigenvalue weighted by Crippen LogP contribution is -2.35. The second-order valence-corrected chi connectivity index (χ2v) is 6.79. The zero-order chi connectivity index (χ0) is 20.3. The molecule has 9 heteroatoms. The highest BCUT2D eigenvalue weighted by Crippen LogP contribution is 2.21. The molecule has 28 heavy (non-hydrogen) atoms. The maximum absolute atomic E-state index is 13.9. The summed E-state index contributed by atoms with van der Waals surface area (Å²) in [6.07, 6.45) is 4.29. The minimum Gasteiger partial charge on any atom is -0.348 e. The van der Waals surface area contributed by atoms with Crippen molar-refractivity contribution in [1.29, 1.82) is 0 Å². The van der Waals surface area contributed by atoms with E-state index in [-0.39, 0.29) is 23.5 Å². The van der Waals surface area contributed by atoms with Crippen molar-refractivity contribution >= 4 is 18.3 Å². The van der Waals surface area contributed by atoms with Gasteiger partial charge in [-0.15, -0.1) is 0 Å². The maximum atomic E-state index is 13.9. The Bertz CT molecular complexity index is 862. The smallest absolute Gasteiger partial charge is 0.257 e. The van der Waals surface area contributed by atoms with Gasteiger partial charge in [-0.1, -0.05) is 6.07 Å². The van der Waals surface area contributed by atoms with Gasteiger partial charge in [-0.3, -0.25) is 9.59 Å². The molecular formula is C19H21F2N5O2. The molecule has 1 aromatic heterocycles. The van der Waals surface area contributed by atoms with Gasteiger partial charge in [0.05, 0.1) is 17.6 Å². The van der Waals surface area contributed by atoms with Crippen LogP contribution in [0.4, 0.5) is 14.7 Å². The third-order valence-corrected chi connectivity index (χ3v) is 4.87. The molecule has 1 N–H and O–H groups in total. The second-order valence-electron chi connectivity index (χ2n) is 6.79. The van der Waals surface area contributed by atoms with Crippen molar-refractivity contribution < 1.29 is 18.4 Å². The van der Waals surface area contributed by atoms with E-state index < -0.39 is 17.7 Å². The number of aromatic nitrogens is 2. The van der Waals surface area contributed by atoms with E-state index in [1.54, 1.807) is 23.8 Å². The fraction of sp³-hybridized carbons (Fsp3) is 0.368. The first-order valence-electron chi connectivity index (χ1n) is 8.89. The minimum atomic E-state index is -0.657. The molecule has 0 aliphatic carbocycles. The summed E-state index contributed by atoms with van der Waals surface area (Å²) >= 11 is 0. The standard InChI is InChI=1S/C19H21F2N5O2/c1-12(16-4-3-14(20)7-17(16)21)24-19-22-8-13(9-23-19)18(28)26-6-5-15(10-26)25(2)11-27/h3-4,7-9,11-12,15H,5-6,10H2,1-2H3,(H,22,23,24). The SMILES string of the molecule is CC(Nc1ncc(C(=O)N2CCC(N(C)C=O)C2)cn1)c1ccc(F)cc1F. The topological polar surface area (TPSA) is 78.4 Å². The molecule has 2 amide bonds. The lowest BCUT2D eigenvalue weighted by atomic mass is 10.1. The molecule has 1 saturated heterocycles. The first kappa shape index (κ1) is 19.7. The number of rotatable bonds is 6. The zero-order valence-corrected chi connectivity index (χ0v) is 15.6. The van der Waals surface area contributed by atoms with E-state index in [2.05, 4.69) is 15.3 Å². The summed E-state index contributed by atoms with van der Waals surface area (Å²) < 4.78 is 26.9. The Morgan fingerprint density at radius 1 is 1.36 bits per heavy atom. The minimum absolute atomic E-state index is 0.00904. The van der Waals surface area contributed by atoms with Gasteiger partial charge in [0.1, 0.15) is 11.6 Å². The molecule has 1 fully saturated rings. The molecule has 148 valence electrons. The Morgan fingerprint density at radius 2 is 2.07 bits per heavy atom.